The molecule has 5 nitrogen and oxygen atoms in total. The Hall–Kier alpha value is -3.27. The van der Waals surface area contributed by atoms with Gasteiger partial charge in [0.2, 0.25) is 9.84 Å². The second-order valence-electron chi connectivity index (χ2n) is 6.88. The molecule has 0 atom stereocenters. The summed E-state index contributed by atoms with van der Waals surface area (Å²) >= 11 is 0. The topological polar surface area (TPSA) is 83.8 Å². The number of phenolic OH excluding ortho intramolecular Hbond substituents is 1. The molecular formula is C23H20O5S. The van der Waals surface area contributed by atoms with Crippen molar-refractivity contribution in [2.45, 2.75) is 29.2 Å². The summed E-state index contributed by atoms with van der Waals surface area (Å²) in [5.41, 5.74) is -0.408. The first-order valence-electron chi connectivity index (χ1n) is 8.82. The summed E-state index contributed by atoms with van der Waals surface area (Å²) in [7, 11) is -3.83. The number of phenols is 1. The van der Waals surface area contributed by atoms with Crippen LogP contribution in [0.15, 0.2) is 82.6 Å². The summed E-state index contributed by atoms with van der Waals surface area (Å²) in [5, 5.41) is 19.6. The minimum absolute atomic E-state index is 0.0520. The maximum atomic E-state index is 12.7. The molecule has 0 aliphatic rings. The van der Waals surface area contributed by atoms with E-state index in [2.05, 4.69) is 11.8 Å². The zero-order valence-electron chi connectivity index (χ0n) is 16.0. The lowest BCUT2D eigenvalue weighted by Gasteiger charge is -2.09. The molecule has 6 heteroatoms. The molecule has 0 fully saturated rings. The molecule has 2 N–H and O–H groups in total. The lowest BCUT2D eigenvalue weighted by atomic mass is 10.1. The second kappa shape index (κ2) is 8.00. The number of hydrogen-bond acceptors (Lipinski definition) is 5. The SMILES string of the molecule is CC(C)(O)C#Cc1cccc(Oc2ccc(S(=O)(=O)c3ccccc3O)cc2)c1. The number of aromatic hydroxyl groups is 1. The average Bonchev–Trinajstić information content (AvgIpc) is 2.67. The van der Waals surface area contributed by atoms with Crippen LogP contribution in [0, 0.1) is 11.8 Å². The van der Waals surface area contributed by atoms with Gasteiger partial charge < -0.3 is 14.9 Å². The molecule has 0 heterocycles. The molecular weight excluding hydrogens is 388 g/mol. The number of hydrogen-bond donors (Lipinski definition) is 2. The van der Waals surface area contributed by atoms with Crippen molar-refractivity contribution in [2.75, 3.05) is 0 Å². The Morgan fingerprint density at radius 2 is 1.59 bits per heavy atom. The number of para-hydroxylation sites is 1. The van der Waals surface area contributed by atoms with Gasteiger partial charge in [0.05, 0.1) is 4.90 Å². The van der Waals surface area contributed by atoms with E-state index in [9.17, 15) is 18.6 Å². The second-order valence-corrected chi connectivity index (χ2v) is 8.80. The Morgan fingerprint density at radius 3 is 2.24 bits per heavy atom. The van der Waals surface area contributed by atoms with E-state index in [0.717, 1.165) is 0 Å². The molecule has 0 spiro atoms. The smallest absolute Gasteiger partial charge is 0.210 e. The zero-order chi connectivity index (χ0) is 21.1. The molecule has 0 amide bonds. The molecule has 0 aliphatic carbocycles. The normalized spacial score (nSPS) is 11.4. The van der Waals surface area contributed by atoms with Crippen LogP contribution in [0.3, 0.4) is 0 Å². The molecule has 0 aromatic heterocycles. The van der Waals surface area contributed by atoms with E-state index < -0.39 is 15.4 Å². The molecule has 0 radical (unpaired) electrons. The Kier molecular flexibility index (Phi) is 5.64. The number of sulfone groups is 1. The molecule has 0 saturated heterocycles. The third kappa shape index (κ3) is 5.17. The van der Waals surface area contributed by atoms with Crippen LogP contribution in [0.5, 0.6) is 17.2 Å². The highest BCUT2D eigenvalue weighted by Gasteiger charge is 2.21. The van der Waals surface area contributed by atoms with Gasteiger partial charge in [-0.3, -0.25) is 0 Å². The first-order chi connectivity index (χ1) is 13.6. The van der Waals surface area contributed by atoms with Gasteiger partial charge in [-0.25, -0.2) is 8.42 Å². The average molecular weight is 408 g/mol. The highest BCUT2D eigenvalue weighted by Crippen LogP contribution is 2.30. The lowest BCUT2D eigenvalue weighted by Crippen LogP contribution is -2.14. The largest absolute Gasteiger partial charge is 0.507 e. The van der Waals surface area contributed by atoms with Crippen LogP contribution in [-0.4, -0.2) is 24.2 Å². The van der Waals surface area contributed by atoms with E-state index in [1.165, 1.54) is 24.3 Å². The molecule has 0 bridgehead atoms. The minimum Gasteiger partial charge on any atom is -0.507 e. The number of benzene rings is 3. The molecule has 0 aliphatic heterocycles. The van der Waals surface area contributed by atoms with E-state index in [1.54, 1.807) is 62.4 Å². The summed E-state index contributed by atoms with van der Waals surface area (Å²) in [6.07, 6.45) is 0. The molecule has 0 saturated carbocycles. The third-order valence-electron chi connectivity index (χ3n) is 3.87. The van der Waals surface area contributed by atoms with Gasteiger partial charge in [-0.2, -0.15) is 0 Å². The van der Waals surface area contributed by atoms with Crippen molar-refractivity contribution in [1.82, 2.24) is 0 Å². The van der Waals surface area contributed by atoms with Crippen LogP contribution in [0.4, 0.5) is 0 Å². The van der Waals surface area contributed by atoms with Crippen molar-refractivity contribution in [1.29, 1.82) is 0 Å². The highest BCUT2D eigenvalue weighted by atomic mass is 32.2. The van der Waals surface area contributed by atoms with E-state index in [4.69, 9.17) is 4.74 Å². The molecule has 3 aromatic carbocycles. The predicted octanol–water partition coefficient (Wildman–Crippen LogP) is 4.14. The van der Waals surface area contributed by atoms with Crippen LogP contribution >= 0.6 is 0 Å². The van der Waals surface area contributed by atoms with E-state index in [1.807, 2.05) is 0 Å². The van der Waals surface area contributed by atoms with Gasteiger partial charge in [0.1, 0.15) is 27.7 Å². The molecule has 148 valence electrons. The van der Waals surface area contributed by atoms with Crippen molar-refractivity contribution in [2.24, 2.45) is 0 Å². The fourth-order valence-electron chi connectivity index (χ4n) is 2.50. The number of aliphatic hydroxyl groups is 1. The van der Waals surface area contributed by atoms with E-state index >= 15 is 0 Å². The Morgan fingerprint density at radius 1 is 0.897 bits per heavy atom. The first kappa shape index (κ1) is 20.5. The van der Waals surface area contributed by atoms with Crippen LogP contribution in [0.2, 0.25) is 0 Å². The first-order valence-corrected chi connectivity index (χ1v) is 10.3. The fraction of sp³-hybridized carbons (Fsp3) is 0.130. The Balaban J connectivity index is 1.81. The minimum atomic E-state index is -3.83. The predicted molar refractivity (Wildman–Crippen MR) is 110 cm³/mol. The van der Waals surface area contributed by atoms with Gasteiger partial charge in [0.15, 0.2) is 0 Å². The van der Waals surface area contributed by atoms with Crippen LogP contribution in [0.25, 0.3) is 0 Å². The quantitative estimate of drug-likeness (QED) is 0.634. The van der Waals surface area contributed by atoms with Crippen molar-refractivity contribution in [3.63, 3.8) is 0 Å². The van der Waals surface area contributed by atoms with E-state index in [0.29, 0.717) is 17.1 Å². The standard InChI is InChI=1S/C23H20O5S/c1-23(2,25)15-14-17-6-5-7-19(16-17)28-18-10-12-20(13-11-18)29(26,27)22-9-4-3-8-21(22)24/h3-13,16,24-25H,1-2H3. The van der Waals surface area contributed by atoms with Crippen LogP contribution in [-0.2, 0) is 9.84 Å². The summed E-state index contributed by atoms with van der Waals surface area (Å²) in [5.74, 6) is 6.31. The molecule has 3 aromatic rings. The molecule has 3 rings (SSSR count). The van der Waals surface area contributed by atoms with Gasteiger partial charge in [-0.1, -0.05) is 30.0 Å². The summed E-state index contributed by atoms with van der Waals surface area (Å²) in [4.78, 5) is -0.0945. The molecule has 0 unspecified atom stereocenters. The van der Waals surface area contributed by atoms with Gasteiger partial charge in [0.25, 0.3) is 0 Å². The highest BCUT2D eigenvalue weighted by molar-refractivity contribution is 7.91. The van der Waals surface area contributed by atoms with Gasteiger partial charge in [0, 0.05) is 5.56 Å². The number of ether oxygens (including phenoxy) is 1. The van der Waals surface area contributed by atoms with Crippen molar-refractivity contribution >= 4 is 9.84 Å². The summed E-state index contributed by atoms with van der Waals surface area (Å²) < 4.78 is 31.1. The zero-order valence-corrected chi connectivity index (χ0v) is 16.8. The summed E-state index contributed by atoms with van der Waals surface area (Å²) in [6.45, 7) is 3.20. The van der Waals surface area contributed by atoms with Crippen molar-refractivity contribution in [3.05, 3.63) is 78.4 Å². The fourth-order valence-corrected chi connectivity index (χ4v) is 3.85. The lowest BCUT2D eigenvalue weighted by molar-refractivity contribution is 0.143. The number of rotatable bonds is 4. The van der Waals surface area contributed by atoms with Crippen LogP contribution < -0.4 is 4.74 Å². The Bertz CT molecular complexity index is 1180. The monoisotopic (exact) mass is 408 g/mol. The van der Waals surface area contributed by atoms with Gasteiger partial charge in [-0.05, 0) is 68.4 Å². The van der Waals surface area contributed by atoms with Crippen LogP contribution in [0.1, 0.15) is 19.4 Å². The Labute approximate surface area is 170 Å². The maximum absolute atomic E-state index is 12.7. The van der Waals surface area contributed by atoms with Gasteiger partial charge in [-0.15, -0.1) is 0 Å². The van der Waals surface area contributed by atoms with Gasteiger partial charge >= 0.3 is 0 Å². The van der Waals surface area contributed by atoms with Crippen molar-refractivity contribution in [3.8, 4) is 29.1 Å². The van der Waals surface area contributed by atoms with Crippen molar-refractivity contribution < 1.29 is 23.4 Å². The molecule has 29 heavy (non-hydrogen) atoms. The van der Waals surface area contributed by atoms with E-state index in [-0.39, 0.29) is 15.5 Å². The summed E-state index contributed by atoms with van der Waals surface area (Å²) in [6, 6.07) is 18.8. The third-order valence-corrected chi connectivity index (χ3v) is 5.69. The maximum Gasteiger partial charge on any atom is 0.210 e.